The number of piperidine rings is 1. The van der Waals surface area contributed by atoms with Gasteiger partial charge in [0.15, 0.2) is 0 Å². The summed E-state index contributed by atoms with van der Waals surface area (Å²) in [4.78, 5) is 2.57. The summed E-state index contributed by atoms with van der Waals surface area (Å²) >= 11 is 0. The lowest BCUT2D eigenvalue weighted by atomic mass is 9.66. The minimum Gasteiger partial charge on any atom is -0.377 e. The van der Waals surface area contributed by atoms with Crippen molar-refractivity contribution in [1.29, 1.82) is 0 Å². The fraction of sp³-hybridized carbons (Fsp3) is 1.00. The molecule has 2 rings (SSSR count). The fourth-order valence-corrected chi connectivity index (χ4v) is 3.29. The molecule has 1 unspecified atom stereocenters. The van der Waals surface area contributed by atoms with Crippen LogP contribution >= 0.6 is 0 Å². The molecule has 100 valence electrons. The van der Waals surface area contributed by atoms with Crippen molar-refractivity contribution in [3.8, 4) is 0 Å². The van der Waals surface area contributed by atoms with Crippen LogP contribution in [-0.4, -0.2) is 43.8 Å². The number of hydrogen-bond acceptors (Lipinski definition) is 3. The Balaban J connectivity index is 1.79. The number of methoxy groups -OCH3 is 1. The van der Waals surface area contributed by atoms with Crippen LogP contribution in [0.5, 0.6) is 0 Å². The topological polar surface area (TPSA) is 38.5 Å². The van der Waals surface area contributed by atoms with Gasteiger partial charge in [-0.05, 0) is 64.1 Å². The molecule has 0 aromatic heterocycles. The summed E-state index contributed by atoms with van der Waals surface area (Å²) in [6.45, 7) is 6.64. The van der Waals surface area contributed by atoms with E-state index in [-0.39, 0.29) is 5.60 Å². The normalized spacial score (nSPS) is 33.4. The van der Waals surface area contributed by atoms with Crippen LogP contribution in [0.3, 0.4) is 0 Å². The molecule has 2 fully saturated rings. The number of rotatable bonds is 5. The van der Waals surface area contributed by atoms with E-state index < -0.39 is 0 Å². The molecule has 1 aliphatic carbocycles. The molecule has 17 heavy (non-hydrogen) atoms. The molecule has 0 aromatic rings. The average Bonchev–Trinajstić information content (AvgIpc) is 2.29. The average molecular weight is 240 g/mol. The molecule has 1 saturated heterocycles. The first-order valence-corrected chi connectivity index (χ1v) is 7.09. The third-order valence-electron chi connectivity index (χ3n) is 5.04. The second-order valence-electron chi connectivity index (χ2n) is 6.34. The van der Waals surface area contributed by atoms with Crippen molar-refractivity contribution in [2.75, 3.05) is 33.3 Å². The molecule has 2 aliphatic rings. The molecule has 0 spiro atoms. The number of nitrogens with zero attached hydrogens (tertiary/aromatic N) is 1. The highest BCUT2D eigenvalue weighted by Crippen LogP contribution is 2.43. The van der Waals surface area contributed by atoms with E-state index in [4.69, 9.17) is 10.5 Å². The highest BCUT2D eigenvalue weighted by molar-refractivity contribution is 4.91. The lowest BCUT2D eigenvalue weighted by molar-refractivity contribution is -0.0545. The number of likely N-dealkylation sites (tertiary alicyclic amines) is 1. The maximum Gasteiger partial charge on any atom is 0.0777 e. The molecule has 1 heterocycles. The van der Waals surface area contributed by atoms with Gasteiger partial charge in [0.2, 0.25) is 0 Å². The van der Waals surface area contributed by atoms with Crippen molar-refractivity contribution in [2.45, 2.75) is 51.0 Å². The van der Waals surface area contributed by atoms with Gasteiger partial charge in [-0.3, -0.25) is 0 Å². The Morgan fingerprint density at radius 3 is 2.53 bits per heavy atom. The van der Waals surface area contributed by atoms with E-state index in [0.29, 0.717) is 5.41 Å². The van der Waals surface area contributed by atoms with E-state index in [1.54, 1.807) is 0 Å². The zero-order chi connectivity index (χ0) is 12.4. The predicted octanol–water partition coefficient (Wildman–Crippen LogP) is 2.01. The third kappa shape index (κ3) is 3.01. The summed E-state index contributed by atoms with van der Waals surface area (Å²) in [5, 5.41) is 0. The van der Waals surface area contributed by atoms with Gasteiger partial charge in [-0.1, -0.05) is 6.42 Å². The largest absolute Gasteiger partial charge is 0.377 e. The molecule has 2 N–H and O–H groups in total. The highest BCUT2D eigenvalue weighted by Gasteiger charge is 2.37. The molecule has 0 amide bonds. The molecule has 1 atom stereocenters. The van der Waals surface area contributed by atoms with Crippen LogP contribution in [0.2, 0.25) is 0 Å². The van der Waals surface area contributed by atoms with Crippen LogP contribution in [0.15, 0.2) is 0 Å². The van der Waals surface area contributed by atoms with Crippen molar-refractivity contribution in [3.63, 3.8) is 0 Å². The molecular weight excluding hydrogens is 212 g/mol. The molecule has 1 saturated carbocycles. The number of ether oxygens (including phenoxy) is 1. The zero-order valence-electron chi connectivity index (χ0n) is 11.5. The van der Waals surface area contributed by atoms with Gasteiger partial charge >= 0.3 is 0 Å². The van der Waals surface area contributed by atoms with E-state index in [2.05, 4.69) is 11.8 Å². The van der Waals surface area contributed by atoms with Crippen molar-refractivity contribution in [3.05, 3.63) is 0 Å². The van der Waals surface area contributed by atoms with E-state index in [0.717, 1.165) is 13.1 Å². The van der Waals surface area contributed by atoms with Crippen molar-refractivity contribution >= 4 is 0 Å². The summed E-state index contributed by atoms with van der Waals surface area (Å²) in [6, 6.07) is 0. The van der Waals surface area contributed by atoms with Gasteiger partial charge in [-0.2, -0.15) is 0 Å². The maximum atomic E-state index is 5.92. The summed E-state index contributed by atoms with van der Waals surface area (Å²) in [5.74, 6) is 0. The van der Waals surface area contributed by atoms with Crippen LogP contribution in [-0.2, 0) is 4.74 Å². The second-order valence-corrected chi connectivity index (χ2v) is 6.34. The molecule has 0 bridgehead atoms. The van der Waals surface area contributed by atoms with Gasteiger partial charge in [0, 0.05) is 13.7 Å². The van der Waals surface area contributed by atoms with Crippen LogP contribution in [0.25, 0.3) is 0 Å². The van der Waals surface area contributed by atoms with Crippen molar-refractivity contribution in [1.82, 2.24) is 4.90 Å². The molecule has 0 aromatic carbocycles. The van der Waals surface area contributed by atoms with Gasteiger partial charge < -0.3 is 15.4 Å². The maximum absolute atomic E-state index is 5.92. The van der Waals surface area contributed by atoms with E-state index >= 15 is 0 Å². The number of hydrogen-bond donors (Lipinski definition) is 1. The van der Waals surface area contributed by atoms with Crippen molar-refractivity contribution < 1.29 is 4.74 Å². The molecule has 3 heteroatoms. The standard InChI is InChI=1S/C14H28N2O/c1-13(17-2)5-4-9-16(12-13)10-8-14(11-15)6-3-7-14/h3-12,15H2,1-2H3. The summed E-state index contributed by atoms with van der Waals surface area (Å²) in [7, 11) is 1.84. The lowest BCUT2D eigenvalue weighted by Crippen LogP contribution is -2.49. The van der Waals surface area contributed by atoms with Gasteiger partial charge in [0.25, 0.3) is 0 Å². The van der Waals surface area contributed by atoms with Gasteiger partial charge in [-0.25, -0.2) is 0 Å². The monoisotopic (exact) mass is 240 g/mol. The lowest BCUT2D eigenvalue weighted by Gasteiger charge is -2.44. The quantitative estimate of drug-likeness (QED) is 0.799. The zero-order valence-corrected chi connectivity index (χ0v) is 11.5. The molecule has 3 nitrogen and oxygen atoms in total. The van der Waals surface area contributed by atoms with Crippen molar-refractivity contribution in [2.24, 2.45) is 11.1 Å². The number of nitrogens with two attached hydrogens (primary N) is 1. The third-order valence-corrected chi connectivity index (χ3v) is 5.04. The van der Waals surface area contributed by atoms with Crippen LogP contribution in [0, 0.1) is 5.41 Å². The van der Waals surface area contributed by atoms with Gasteiger partial charge in [0.05, 0.1) is 5.60 Å². The smallest absolute Gasteiger partial charge is 0.0777 e. The Labute approximate surface area is 106 Å². The molecular formula is C14H28N2O. The van der Waals surface area contributed by atoms with E-state index in [1.165, 1.54) is 51.6 Å². The first-order valence-electron chi connectivity index (χ1n) is 7.09. The van der Waals surface area contributed by atoms with Crippen LogP contribution in [0.1, 0.15) is 45.4 Å². The van der Waals surface area contributed by atoms with Crippen LogP contribution in [0.4, 0.5) is 0 Å². The minimum absolute atomic E-state index is 0.0771. The summed E-state index contributed by atoms with van der Waals surface area (Å²) in [6.07, 6.45) is 7.82. The Morgan fingerprint density at radius 1 is 1.24 bits per heavy atom. The molecule has 1 aliphatic heterocycles. The SMILES string of the molecule is COC1(C)CCCN(CCC2(CN)CCC2)C1. The Morgan fingerprint density at radius 2 is 2.00 bits per heavy atom. The van der Waals surface area contributed by atoms with Gasteiger partial charge in [-0.15, -0.1) is 0 Å². The second kappa shape index (κ2) is 5.25. The predicted molar refractivity (Wildman–Crippen MR) is 71.0 cm³/mol. The summed E-state index contributed by atoms with van der Waals surface area (Å²) < 4.78 is 5.64. The summed E-state index contributed by atoms with van der Waals surface area (Å²) in [5.41, 5.74) is 6.48. The first kappa shape index (κ1) is 13.3. The Bertz CT molecular complexity index is 247. The van der Waals surface area contributed by atoms with E-state index in [1.807, 2.05) is 7.11 Å². The van der Waals surface area contributed by atoms with Crippen LogP contribution < -0.4 is 5.73 Å². The van der Waals surface area contributed by atoms with E-state index in [9.17, 15) is 0 Å². The first-order chi connectivity index (χ1) is 8.11. The Kier molecular flexibility index (Phi) is 4.11. The van der Waals surface area contributed by atoms with Gasteiger partial charge in [0.1, 0.15) is 0 Å². The molecule has 0 radical (unpaired) electrons. The fourth-order valence-electron chi connectivity index (χ4n) is 3.29. The minimum atomic E-state index is 0.0771. The highest BCUT2D eigenvalue weighted by atomic mass is 16.5. The Hall–Kier alpha value is -0.120.